The third kappa shape index (κ3) is 3.41. The fraction of sp³-hybridized carbons (Fsp3) is 0.353. The Balaban J connectivity index is 1.69. The van der Waals surface area contributed by atoms with Gasteiger partial charge in [-0.15, -0.1) is 0 Å². The van der Waals surface area contributed by atoms with E-state index in [4.69, 9.17) is 0 Å². The molecule has 7 heteroatoms. The van der Waals surface area contributed by atoms with Crippen molar-refractivity contribution in [2.75, 3.05) is 26.0 Å². The summed E-state index contributed by atoms with van der Waals surface area (Å²) in [5, 5.41) is 3.36. The highest BCUT2D eigenvalue weighted by Gasteiger charge is 2.35. The van der Waals surface area contributed by atoms with Gasteiger partial charge in [-0.25, -0.2) is 9.78 Å². The number of hydrogen-bond acceptors (Lipinski definition) is 4. The summed E-state index contributed by atoms with van der Waals surface area (Å²) in [5.74, 6) is -0.0354. The summed E-state index contributed by atoms with van der Waals surface area (Å²) in [6.45, 7) is 0.590. The zero-order valence-corrected chi connectivity index (χ0v) is 14.5. The minimum absolute atomic E-state index is 0.0354. The maximum Gasteiger partial charge on any atom is 0.324 e. The van der Waals surface area contributed by atoms with Crippen LogP contribution >= 0.6 is 11.3 Å². The number of nitrogens with zero attached hydrogens (tertiary/aromatic N) is 3. The fourth-order valence-electron chi connectivity index (χ4n) is 2.80. The van der Waals surface area contributed by atoms with Crippen molar-refractivity contribution in [3.8, 4) is 10.4 Å². The molecular formula is C17H20N4O2S. The summed E-state index contributed by atoms with van der Waals surface area (Å²) in [7, 11) is 3.42. The average molecular weight is 344 g/mol. The van der Waals surface area contributed by atoms with Gasteiger partial charge >= 0.3 is 6.03 Å². The molecule has 0 aliphatic carbocycles. The van der Waals surface area contributed by atoms with Crippen molar-refractivity contribution in [1.29, 1.82) is 0 Å². The Bertz CT molecular complexity index is 729. The number of thiazole rings is 1. The predicted molar refractivity (Wildman–Crippen MR) is 95.0 cm³/mol. The highest BCUT2D eigenvalue weighted by molar-refractivity contribution is 7.19. The first-order chi connectivity index (χ1) is 11.6. The second-order valence-electron chi connectivity index (χ2n) is 5.91. The summed E-state index contributed by atoms with van der Waals surface area (Å²) in [6, 6.07) is 9.26. The van der Waals surface area contributed by atoms with Gasteiger partial charge < -0.3 is 9.80 Å². The van der Waals surface area contributed by atoms with Gasteiger partial charge in [0.2, 0.25) is 5.91 Å². The lowest BCUT2D eigenvalue weighted by atomic mass is 10.2. The monoisotopic (exact) mass is 344 g/mol. The van der Waals surface area contributed by atoms with Gasteiger partial charge in [-0.2, -0.15) is 0 Å². The molecule has 1 N–H and O–H groups in total. The summed E-state index contributed by atoms with van der Waals surface area (Å²) >= 11 is 1.42. The minimum atomic E-state index is -0.381. The minimum Gasteiger partial charge on any atom is -0.347 e. The number of rotatable bonds is 3. The van der Waals surface area contributed by atoms with Gasteiger partial charge in [-0.3, -0.25) is 10.1 Å². The summed E-state index contributed by atoms with van der Waals surface area (Å²) in [4.78, 5) is 33.1. The number of benzene rings is 1. The second kappa shape index (κ2) is 7.00. The molecule has 2 aromatic rings. The van der Waals surface area contributed by atoms with Gasteiger partial charge in [-0.05, 0) is 18.4 Å². The summed E-state index contributed by atoms with van der Waals surface area (Å²) in [5.41, 5.74) is 1.07. The number of nitrogens with one attached hydrogen (secondary N) is 1. The topological polar surface area (TPSA) is 65.5 Å². The van der Waals surface area contributed by atoms with Crippen LogP contribution in [0.25, 0.3) is 10.4 Å². The first-order valence-electron chi connectivity index (χ1n) is 7.86. The van der Waals surface area contributed by atoms with Crippen LogP contribution in [0.3, 0.4) is 0 Å². The molecule has 1 aromatic heterocycles. The molecule has 1 fully saturated rings. The van der Waals surface area contributed by atoms with Crippen molar-refractivity contribution in [3.63, 3.8) is 0 Å². The molecule has 0 saturated carbocycles. The van der Waals surface area contributed by atoms with Crippen LogP contribution in [0.1, 0.15) is 12.8 Å². The molecule has 1 saturated heterocycles. The van der Waals surface area contributed by atoms with Crippen molar-refractivity contribution in [2.45, 2.75) is 18.9 Å². The molecule has 6 nitrogen and oxygen atoms in total. The summed E-state index contributed by atoms with van der Waals surface area (Å²) < 4.78 is 0. The first-order valence-corrected chi connectivity index (χ1v) is 8.68. The Morgan fingerprint density at radius 1 is 1.29 bits per heavy atom. The molecule has 1 atom stereocenters. The number of hydrogen-bond donors (Lipinski definition) is 1. The molecule has 126 valence electrons. The molecule has 0 spiro atoms. The van der Waals surface area contributed by atoms with Crippen molar-refractivity contribution in [1.82, 2.24) is 14.8 Å². The standard InChI is InChI=1S/C17H20N4O2S/c1-20(2)15(22)13-9-6-10-21(13)17(23)19-16-18-11-14(24-16)12-7-4-3-5-8-12/h3-5,7-8,11,13H,6,9-10H2,1-2H3,(H,18,19,23). The molecule has 1 aliphatic heterocycles. The van der Waals surface area contributed by atoms with Gasteiger partial charge in [0, 0.05) is 26.8 Å². The van der Waals surface area contributed by atoms with Crippen molar-refractivity contribution in [2.24, 2.45) is 0 Å². The van der Waals surface area contributed by atoms with E-state index in [1.165, 1.54) is 16.2 Å². The lowest BCUT2D eigenvalue weighted by Crippen LogP contribution is -2.47. The zero-order valence-electron chi connectivity index (χ0n) is 13.7. The van der Waals surface area contributed by atoms with Crippen LogP contribution in [-0.2, 0) is 4.79 Å². The SMILES string of the molecule is CN(C)C(=O)C1CCCN1C(=O)Nc1ncc(-c2ccccc2)s1. The lowest BCUT2D eigenvalue weighted by Gasteiger charge is -2.25. The molecule has 1 aromatic carbocycles. The molecule has 3 rings (SSSR count). The molecule has 1 unspecified atom stereocenters. The number of likely N-dealkylation sites (N-methyl/N-ethyl adjacent to an activating group) is 1. The molecular weight excluding hydrogens is 324 g/mol. The van der Waals surface area contributed by atoms with Crippen LogP contribution in [0.15, 0.2) is 36.5 Å². The lowest BCUT2D eigenvalue weighted by molar-refractivity contribution is -0.132. The van der Waals surface area contributed by atoms with Crippen molar-refractivity contribution in [3.05, 3.63) is 36.5 Å². The number of likely N-dealkylation sites (tertiary alicyclic amines) is 1. The van der Waals surface area contributed by atoms with Crippen LogP contribution in [0.5, 0.6) is 0 Å². The number of amides is 3. The average Bonchev–Trinajstić information content (AvgIpc) is 3.24. The normalized spacial score (nSPS) is 16.9. The van der Waals surface area contributed by atoms with E-state index in [0.29, 0.717) is 18.1 Å². The Morgan fingerprint density at radius 3 is 2.75 bits per heavy atom. The van der Waals surface area contributed by atoms with Crippen LogP contribution in [0, 0.1) is 0 Å². The smallest absolute Gasteiger partial charge is 0.324 e. The van der Waals surface area contributed by atoms with E-state index in [1.54, 1.807) is 25.2 Å². The number of carbonyl (C=O) groups is 2. The number of anilines is 1. The number of carbonyl (C=O) groups excluding carboxylic acids is 2. The van der Waals surface area contributed by atoms with Crippen molar-refractivity contribution >= 4 is 28.4 Å². The maximum absolute atomic E-state index is 12.5. The van der Waals surface area contributed by atoms with Gasteiger partial charge in [0.05, 0.1) is 4.88 Å². The Hall–Kier alpha value is -2.41. The van der Waals surface area contributed by atoms with E-state index >= 15 is 0 Å². The molecule has 24 heavy (non-hydrogen) atoms. The van der Waals surface area contributed by atoms with E-state index < -0.39 is 0 Å². The Kier molecular flexibility index (Phi) is 4.80. The number of urea groups is 1. The number of aromatic nitrogens is 1. The van der Waals surface area contributed by atoms with E-state index in [0.717, 1.165) is 16.9 Å². The molecule has 2 heterocycles. The third-order valence-corrected chi connectivity index (χ3v) is 4.98. The van der Waals surface area contributed by atoms with Gasteiger partial charge in [-0.1, -0.05) is 41.7 Å². The highest BCUT2D eigenvalue weighted by Crippen LogP contribution is 2.29. The van der Waals surface area contributed by atoms with Gasteiger partial charge in [0.15, 0.2) is 5.13 Å². The van der Waals surface area contributed by atoms with Gasteiger partial charge in [0.1, 0.15) is 6.04 Å². The summed E-state index contributed by atoms with van der Waals surface area (Å²) in [6.07, 6.45) is 3.30. The van der Waals surface area contributed by atoms with Gasteiger partial charge in [0.25, 0.3) is 0 Å². The van der Waals surface area contributed by atoms with Crippen LogP contribution in [0.2, 0.25) is 0 Å². The van der Waals surface area contributed by atoms with E-state index in [1.807, 2.05) is 30.3 Å². The zero-order chi connectivity index (χ0) is 17.1. The van der Waals surface area contributed by atoms with E-state index in [9.17, 15) is 9.59 Å². The predicted octanol–water partition coefficient (Wildman–Crippen LogP) is 2.89. The largest absolute Gasteiger partial charge is 0.347 e. The maximum atomic E-state index is 12.5. The molecule has 0 radical (unpaired) electrons. The van der Waals surface area contributed by atoms with E-state index in [2.05, 4.69) is 10.3 Å². The van der Waals surface area contributed by atoms with Crippen molar-refractivity contribution < 1.29 is 9.59 Å². The Labute approximate surface area is 145 Å². The van der Waals surface area contributed by atoms with Crippen LogP contribution in [0.4, 0.5) is 9.93 Å². The van der Waals surface area contributed by atoms with Crippen LogP contribution < -0.4 is 5.32 Å². The quantitative estimate of drug-likeness (QED) is 0.931. The Morgan fingerprint density at radius 2 is 2.04 bits per heavy atom. The second-order valence-corrected chi connectivity index (χ2v) is 6.94. The third-order valence-electron chi connectivity index (χ3n) is 4.02. The molecule has 3 amide bonds. The first kappa shape index (κ1) is 16.4. The van der Waals surface area contributed by atoms with Crippen LogP contribution in [-0.4, -0.2) is 53.4 Å². The molecule has 0 bridgehead atoms. The molecule has 1 aliphatic rings. The highest BCUT2D eigenvalue weighted by atomic mass is 32.1. The fourth-order valence-corrected chi connectivity index (χ4v) is 3.61. The van der Waals surface area contributed by atoms with E-state index in [-0.39, 0.29) is 18.0 Å².